The lowest BCUT2D eigenvalue weighted by atomic mass is 10.1. The number of hydrogen-bond acceptors (Lipinski definition) is 4. The number of carbonyl (C=O) groups is 1. The Morgan fingerprint density at radius 3 is 2.53 bits per heavy atom. The van der Waals surface area contributed by atoms with Gasteiger partial charge in [0.05, 0.1) is 0 Å². The Balaban J connectivity index is 3.01. The first-order chi connectivity index (χ1) is 8.82. The largest absolute Gasteiger partial charge is 0.480 e. The Labute approximate surface area is 117 Å². The number of hydrogen-bond donors (Lipinski definition) is 1. The van der Waals surface area contributed by atoms with Crippen LogP contribution < -0.4 is 5.56 Å². The third-order valence-corrected chi connectivity index (χ3v) is 4.03. The van der Waals surface area contributed by atoms with Crippen molar-refractivity contribution in [2.45, 2.75) is 44.5 Å². The van der Waals surface area contributed by atoms with Crippen molar-refractivity contribution in [1.82, 2.24) is 9.55 Å². The summed E-state index contributed by atoms with van der Waals surface area (Å²) in [5.74, 6) is -0.638. The molecule has 1 unspecified atom stereocenters. The van der Waals surface area contributed by atoms with Crippen LogP contribution in [0.3, 0.4) is 0 Å². The smallest absolute Gasteiger partial charge is 0.317 e. The average molecular weight is 284 g/mol. The van der Waals surface area contributed by atoms with Crippen molar-refractivity contribution in [3.05, 3.63) is 22.7 Å². The van der Waals surface area contributed by atoms with Crippen molar-refractivity contribution in [1.29, 1.82) is 0 Å². The Hall–Kier alpha value is -1.30. The van der Waals surface area contributed by atoms with Gasteiger partial charge in [-0.2, -0.15) is 0 Å². The van der Waals surface area contributed by atoms with E-state index in [2.05, 4.69) is 4.98 Å². The van der Waals surface area contributed by atoms with E-state index in [0.717, 1.165) is 11.8 Å². The third-order valence-electron chi connectivity index (χ3n) is 2.53. The molecule has 0 fully saturated rings. The SMILES string of the molecule is CC(C)Cn1ccnc(SC(C(=O)O)C(C)C)c1=O. The van der Waals surface area contributed by atoms with Crippen molar-refractivity contribution >= 4 is 17.7 Å². The lowest BCUT2D eigenvalue weighted by Crippen LogP contribution is -2.28. The first kappa shape index (κ1) is 15.8. The molecule has 1 aromatic rings. The van der Waals surface area contributed by atoms with Gasteiger partial charge < -0.3 is 9.67 Å². The molecule has 1 N–H and O–H groups in total. The summed E-state index contributed by atoms with van der Waals surface area (Å²) in [6, 6.07) is 0. The molecule has 1 heterocycles. The molecule has 106 valence electrons. The monoisotopic (exact) mass is 284 g/mol. The summed E-state index contributed by atoms with van der Waals surface area (Å²) in [4.78, 5) is 27.4. The van der Waals surface area contributed by atoms with Crippen LogP contribution in [0.25, 0.3) is 0 Å². The van der Waals surface area contributed by atoms with E-state index < -0.39 is 11.2 Å². The molecule has 0 aliphatic rings. The molecule has 1 atom stereocenters. The summed E-state index contributed by atoms with van der Waals surface area (Å²) >= 11 is 1.03. The fourth-order valence-corrected chi connectivity index (χ4v) is 2.59. The molecular formula is C13H20N2O3S. The van der Waals surface area contributed by atoms with E-state index in [1.165, 1.54) is 0 Å². The fourth-order valence-electron chi connectivity index (χ4n) is 1.64. The van der Waals surface area contributed by atoms with Crippen LogP contribution in [0.15, 0.2) is 22.2 Å². The van der Waals surface area contributed by atoms with Gasteiger partial charge in [-0.1, -0.05) is 39.5 Å². The van der Waals surface area contributed by atoms with E-state index in [1.54, 1.807) is 17.0 Å². The fraction of sp³-hybridized carbons (Fsp3) is 0.615. The van der Waals surface area contributed by atoms with Crippen LogP contribution in [-0.2, 0) is 11.3 Å². The van der Waals surface area contributed by atoms with Crippen molar-refractivity contribution < 1.29 is 9.90 Å². The van der Waals surface area contributed by atoms with E-state index in [1.807, 2.05) is 27.7 Å². The van der Waals surface area contributed by atoms with Crippen molar-refractivity contribution in [2.24, 2.45) is 11.8 Å². The van der Waals surface area contributed by atoms with Crippen LogP contribution in [0.4, 0.5) is 0 Å². The average Bonchev–Trinajstić information content (AvgIpc) is 2.28. The Morgan fingerprint density at radius 2 is 2.05 bits per heavy atom. The maximum Gasteiger partial charge on any atom is 0.317 e. The minimum absolute atomic E-state index is 0.0672. The lowest BCUT2D eigenvalue weighted by molar-refractivity contribution is -0.137. The number of aromatic nitrogens is 2. The van der Waals surface area contributed by atoms with Gasteiger partial charge in [-0.15, -0.1) is 0 Å². The maximum atomic E-state index is 12.2. The van der Waals surface area contributed by atoms with Gasteiger partial charge in [-0.3, -0.25) is 9.59 Å². The second-order valence-electron chi connectivity index (χ2n) is 5.20. The highest BCUT2D eigenvalue weighted by Gasteiger charge is 2.24. The summed E-state index contributed by atoms with van der Waals surface area (Å²) in [7, 11) is 0. The lowest BCUT2D eigenvalue weighted by Gasteiger charge is -2.15. The Bertz CT molecular complexity index is 497. The van der Waals surface area contributed by atoms with Gasteiger partial charge in [-0.05, 0) is 11.8 Å². The molecule has 1 aromatic heterocycles. The highest BCUT2D eigenvalue weighted by atomic mass is 32.2. The molecule has 0 saturated heterocycles. The molecule has 5 nitrogen and oxygen atoms in total. The van der Waals surface area contributed by atoms with E-state index >= 15 is 0 Å². The molecule has 19 heavy (non-hydrogen) atoms. The number of carboxylic acid groups (broad SMARTS) is 1. The number of rotatable bonds is 6. The molecule has 0 spiro atoms. The first-order valence-electron chi connectivity index (χ1n) is 6.27. The van der Waals surface area contributed by atoms with Crippen LogP contribution in [0.2, 0.25) is 0 Å². The Morgan fingerprint density at radius 1 is 1.42 bits per heavy atom. The van der Waals surface area contributed by atoms with Gasteiger partial charge in [0.1, 0.15) is 5.25 Å². The zero-order valence-electron chi connectivity index (χ0n) is 11.7. The van der Waals surface area contributed by atoms with E-state index in [-0.39, 0.29) is 16.5 Å². The van der Waals surface area contributed by atoms with Crippen molar-refractivity contribution in [2.75, 3.05) is 0 Å². The van der Waals surface area contributed by atoms with Crippen LogP contribution in [0.1, 0.15) is 27.7 Å². The molecule has 0 saturated carbocycles. The molecule has 1 rings (SSSR count). The second kappa shape index (κ2) is 6.75. The number of nitrogens with zero attached hydrogens (tertiary/aromatic N) is 2. The van der Waals surface area contributed by atoms with Crippen LogP contribution in [0, 0.1) is 11.8 Å². The maximum absolute atomic E-state index is 12.2. The second-order valence-corrected chi connectivity index (χ2v) is 6.33. The van der Waals surface area contributed by atoms with E-state index in [9.17, 15) is 9.59 Å². The summed E-state index contributed by atoms with van der Waals surface area (Å²) in [5.41, 5.74) is -0.215. The van der Waals surface area contributed by atoms with Crippen molar-refractivity contribution in [3.8, 4) is 0 Å². The normalized spacial score (nSPS) is 12.9. The van der Waals surface area contributed by atoms with E-state index in [0.29, 0.717) is 12.5 Å². The summed E-state index contributed by atoms with van der Waals surface area (Å²) in [5, 5.41) is 8.75. The Kier molecular flexibility index (Phi) is 5.60. The standard InChI is InChI=1S/C13H20N2O3S/c1-8(2)7-15-6-5-14-11(12(15)16)19-10(9(3)4)13(17)18/h5-6,8-10H,7H2,1-4H3,(H,17,18). The summed E-state index contributed by atoms with van der Waals surface area (Å²) < 4.78 is 1.58. The molecule has 0 aromatic carbocycles. The van der Waals surface area contributed by atoms with Gasteiger partial charge in [0.15, 0.2) is 5.03 Å². The molecule has 0 amide bonds. The molecule has 0 radical (unpaired) electrons. The summed E-state index contributed by atoms with van der Waals surface area (Å²) in [6.45, 7) is 8.29. The third kappa shape index (κ3) is 4.38. The zero-order chi connectivity index (χ0) is 14.6. The quantitative estimate of drug-likeness (QED) is 0.810. The molecule has 0 bridgehead atoms. The zero-order valence-corrected chi connectivity index (χ0v) is 12.5. The van der Waals surface area contributed by atoms with Gasteiger partial charge in [0.25, 0.3) is 5.56 Å². The highest BCUT2D eigenvalue weighted by Crippen LogP contribution is 2.24. The summed E-state index contributed by atoms with van der Waals surface area (Å²) in [6.07, 6.45) is 3.18. The molecule has 0 aliphatic heterocycles. The van der Waals surface area contributed by atoms with Gasteiger partial charge in [0.2, 0.25) is 0 Å². The molecule has 6 heteroatoms. The predicted octanol–water partition coefficient (Wildman–Crippen LogP) is 2.10. The van der Waals surface area contributed by atoms with Crippen molar-refractivity contribution in [3.63, 3.8) is 0 Å². The van der Waals surface area contributed by atoms with Crippen LogP contribution >= 0.6 is 11.8 Å². The molecular weight excluding hydrogens is 264 g/mol. The van der Waals surface area contributed by atoms with Crippen LogP contribution in [-0.4, -0.2) is 25.9 Å². The predicted molar refractivity (Wildman–Crippen MR) is 75.5 cm³/mol. The number of carboxylic acids is 1. The number of aliphatic carboxylic acids is 1. The van der Waals surface area contributed by atoms with Gasteiger partial charge in [-0.25, -0.2) is 4.98 Å². The molecule has 0 aliphatic carbocycles. The van der Waals surface area contributed by atoms with Crippen LogP contribution in [0.5, 0.6) is 0 Å². The number of thioether (sulfide) groups is 1. The first-order valence-corrected chi connectivity index (χ1v) is 7.15. The minimum Gasteiger partial charge on any atom is -0.480 e. The van der Waals surface area contributed by atoms with Gasteiger partial charge >= 0.3 is 5.97 Å². The van der Waals surface area contributed by atoms with Gasteiger partial charge in [0, 0.05) is 18.9 Å². The topological polar surface area (TPSA) is 72.2 Å². The minimum atomic E-state index is -0.916. The van der Waals surface area contributed by atoms with E-state index in [4.69, 9.17) is 5.11 Å². The highest BCUT2D eigenvalue weighted by molar-refractivity contribution is 8.00.